The second-order valence-electron chi connectivity index (χ2n) is 12.6. The summed E-state index contributed by atoms with van der Waals surface area (Å²) in [5, 5.41) is 3.99. The lowest BCUT2D eigenvalue weighted by Gasteiger charge is -2.45. The van der Waals surface area contributed by atoms with Gasteiger partial charge in [-0.15, -0.1) is 0 Å². The molecule has 11 nitrogen and oxygen atoms in total. The normalized spacial score (nSPS) is 19.7. The number of carbonyl (C=O) groups is 2. The average molecular weight is 652 g/mol. The van der Waals surface area contributed by atoms with Crippen molar-refractivity contribution in [1.82, 2.24) is 14.9 Å². The Balaban J connectivity index is 1.20. The molecule has 0 unspecified atom stereocenters. The van der Waals surface area contributed by atoms with Crippen molar-refractivity contribution in [3.8, 4) is 0 Å². The number of rotatable bonds is 4. The number of aryl methyl sites for hydroxylation is 1. The molecule has 2 amide bonds. The summed E-state index contributed by atoms with van der Waals surface area (Å²) in [6.07, 6.45) is 1.24. The summed E-state index contributed by atoms with van der Waals surface area (Å²) >= 11 is 12.9. The number of aliphatic imine (C=N–C) groups is 1. The van der Waals surface area contributed by atoms with E-state index in [1.807, 2.05) is 42.7 Å². The molecule has 1 aromatic heterocycles. The highest BCUT2D eigenvalue weighted by Crippen LogP contribution is 2.40. The third-order valence-corrected chi connectivity index (χ3v) is 8.56. The van der Waals surface area contributed by atoms with E-state index in [0.29, 0.717) is 65.2 Å². The molecule has 6 rings (SSSR count). The molecule has 13 heteroatoms. The summed E-state index contributed by atoms with van der Waals surface area (Å²) in [7, 11) is 0. The SMILES string of the molecule is Cc1cc(Nc2ncc3c(n2)N2CCN=C2N(c2c(Cl)cccc2Cl)C3=O)ccc1N1C[C@@H](C)N(C(=O)OC(C)(C)C)[C@@H](C)C1. The predicted molar refractivity (Wildman–Crippen MR) is 179 cm³/mol. The standard InChI is InChI=1S/C32H36Cl2N8O3/c1-18-14-21(10-11-25(18)39-16-19(2)41(20(3)17-39)31(44)45-32(4,5)6)37-29-36-15-22-27(38-29)40-13-12-35-30(40)42(28(22)43)26-23(33)8-7-9-24(26)34/h7-11,14-15,19-20H,12-13,16-17H2,1-6H3,(H,36,37,38)/t19-,20+. The number of nitrogens with one attached hydrogen (secondary N) is 1. The number of carbonyl (C=O) groups excluding carboxylic acids is 2. The van der Waals surface area contributed by atoms with Gasteiger partial charge in [0, 0.05) is 37.2 Å². The summed E-state index contributed by atoms with van der Waals surface area (Å²) in [6.45, 7) is 14.2. The summed E-state index contributed by atoms with van der Waals surface area (Å²) in [5.74, 6) is 0.922. The number of halogens is 2. The number of aromatic nitrogens is 2. The van der Waals surface area contributed by atoms with E-state index in [4.69, 9.17) is 32.9 Å². The topological polar surface area (TPSA) is 106 Å². The van der Waals surface area contributed by atoms with E-state index < -0.39 is 5.60 Å². The Hall–Kier alpha value is -4.09. The van der Waals surface area contributed by atoms with Gasteiger partial charge in [-0.05, 0) is 77.4 Å². The maximum absolute atomic E-state index is 13.7. The number of guanidine groups is 1. The molecular weight excluding hydrogens is 615 g/mol. The molecule has 1 N–H and O–H groups in total. The molecule has 2 aromatic carbocycles. The fourth-order valence-corrected chi connectivity index (χ4v) is 6.71. The van der Waals surface area contributed by atoms with Gasteiger partial charge in [-0.2, -0.15) is 4.98 Å². The third kappa shape index (κ3) is 5.86. The van der Waals surface area contributed by atoms with Gasteiger partial charge in [-0.1, -0.05) is 29.3 Å². The highest BCUT2D eigenvalue weighted by molar-refractivity contribution is 6.43. The van der Waals surface area contributed by atoms with E-state index in [1.54, 1.807) is 18.2 Å². The number of piperazine rings is 1. The van der Waals surface area contributed by atoms with E-state index in [9.17, 15) is 9.59 Å². The zero-order valence-corrected chi connectivity index (χ0v) is 27.6. The number of nitrogens with zero attached hydrogens (tertiary/aromatic N) is 7. The van der Waals surface area contributed by atoms with Gasteiger partial charge in [0.2, 0.25) is 11.9 Å². The number of anilines is 5. The van der Waals surface area contributed by atoms with E-state index in [1.165, 1.54) is 11.1 Å². The third-order valence-electron chi connectivity index (χ3n) is 7.95. The summed E-state index contributed by atoms with van der Waals surface area (Å²) in [6, 6.07) is 11.2. The largest absolute Gasteiger partial charge is 0.444 e. The van der Waals surface area contributed by atoms with Crippen LogP contribution < -0.4 is 20.0 Å². The summed E-state index contributed by atoms with van der Waals surface area (Å²) < 4.78 is 5.66. The number of benzene rings is 2. The van der Waals surface area contributed by atoms with Gasteiger partial charge in [0.05, 0.1) is 34.4 Å². The van der Waals surface area contributed by atoms with Crippen LogP contribution in [0.3, 0.4) is 0 Å². The maximum Gasteiger partial charge on any atom is 0.410 e. The smallest absolute Gasteiger partial charge is 0.410 e. The minimum Gasteiger partial charge on any atom is -0.444 e. The van der Waals surface area contributed by atoms with E-state index in [2.05, 4.69) is 47.0 Å². The van der Waals surface area contributed by atoms with Gasteiger partial charge < -0.3 is 15.0 Å². The van der Waals surface area contributed by atoms with Gasteiger partial charge in [-0.3, -0.25) is 19.6 Å². The highest BCUT2D eigenvalue weighted by Gasteiger charge is 2.41. The molecule has 3 aromatic rings. The fraction of sp³-hybridized carbons (Fsp3) is 0.406. The number of para-hydroxylation sites is 1. The van der Waals surface area contributed by atoms with Crippen molar-refractivity contribution in [2.75, 3.05) is 46.2 Å². The number of ether oxygens (including phenoxy) is 1. The highest BCUT2D eigenvalue weighted by atomic mass is 35.5. The Morgan fingerprint density at radius 1 is 1.07 bits per heavy atom. The lowest BCUT2D eigenvalue weighted by atomic mass is 10.1. The number of amides is 2. The molecular formula is C32H36Cl2N8O3. The summed E-state index contributed by atoms with van der Waals surface area (Å²) in [5.41, 5.74) is 3.15. The monoisotopic (exact) mass is 650 g/mol. The molecule has 236 valence electrons. The van der Waals surface area contributed by atoms with Gasteiger partial charge in [0.1, 0.15) is 11.2 Å². The van der Waals surface area contributed by atoms with Gasteiger partial charge in [0.25, 0.3) is 5.91 Å². The van der Waals surface area contributed by atoms with Crippen molar-refractivity contribution < 1.29 is 14.3 Å². The average Bonchev–Trinajstić information content (AvgIpc) is 3.43. The van der Waals surface area contributed by atoms with Crippen LogP contribution in [0.1, 0.15) is 50.5 Å². The molecule has 45 heavy (non-hydrogen) atoms. The quantitative estimate of drug-likeness (QED) is 0.341. The van der Waals surface area contributed by atoms with Gasteiger partial charge in [-0.25, -0.2) is 14.7 Å². The Labute approximate surface area is 272 Å². The van der Waals surface area contributed by atoms with Crippen LogP contribution in [0.2, 0.25) is 10.0 Å². The Bertz CT molecular complexity index is 1680. The van der Waals surface area contributed by atoms with Crippen LogP contribution in [0.5, 0.6) is 0 Å². The van der Waals surface area contributed by atoms with Crippen LogP contribution in [-0.2, 0) is 4.74 Å². The second kappa shape index (κ2) is 11.7. The first-order chi connectivity index (χ1) is 21.3. The van der Waals surface area contributed by atoms with Crippen molar-refractivity contribution in [2.24, 2.45) is 4.99 Å². The van der Waals surface area contributed by atoms with Crippen LogP contribution in [0.4, 0.5) is 33.6 Å². The van der Waals surface area contributed by atoms with Gasteiger partial charge in [0.15, 0.2) is 5.82 Å². The van der Waals surface area contributed by atoms with Crippen LogP contribution >= 0.6 is 23.2 Å². The Morgan fingerprint density at radius 2 is 1.76 bits per heavy atom. The molecule has 0 saturated carbocycles. The fourth-order valence-electron chi connectivity index (χ4n) is 6.14. The molecule has 4 heterocycles. The maximum atomic E-state index is 13.7. The van der Waals surface area contributed by atoms with Crippen molar-refractivity contribution in [1.29, 1.82) is 0 Å². The van der Waals surface area contributed by atoms with Crippen molar-refractivity contribution in [2.45, 2.75) is 59.2 Å². The zero-order valence-electron chi connectivity index (χ0n) is 26.1. The van der Waals surface area contributed by atoms with Crippen LogP contribution in [-0.4, -0.2) is 76.7 Å². The van der Waals surface area contributed by atoms with E-state index >= 15 is 0 Å². The predicted octanol–water partition coefficient (Wildman–Crippen LogP) is 6.51. The van der Waals surface area contributed by atoms with E-state index in [-0.39, 0.29) is 24.1 Å². The van der Waals surface area contributed by atoms with Crippen LogP contribution in [0.15, 0.2) is 47.6 Å². The molecule has 1 saturated heterocycles. The second-order valence-corrected chi connectivity index (χ2v) is 13.4. The van der Waals surface area contributed by atoms with Crippen molar-refractivity contribution >= 4 is 70.0 Å². The molecule has 0 spiro atoms. The van der Waals surface area contributed by atoms with Crippen molar-refractivity contribution in [3.05, 3.63) is 63.8 Å². The number of fused-ring (bicyclic) bond motifs is 3. The molecule has 1 fully saturated rings. The van der Waals surface area contributed by atoms with Crippen LogP contribution in [0.25, 0.3) is 0 Å². The molecule has 0 radical (unpaired) electrons. The molecule has 0 bridgehead atoms. The molecule has 2 atom stereocenters. The lowest BCUT2D eigenvalue weighted by Crippen LogP contribution is -2.59. The first-order valence-corrected chi connectivity index (χ1v) is 15.7. The van der Waals surface area contributed by atoms with E-state index in [0.717, 1.165) is 16.9 Å². The lowest BCUT2D eigenvalue weighted by molar-refractivity contribution is 0.00565. The van der Waals surface area contributed by atoms with Crippen LogP contribution in [0, 0.1) is 6.92 Å². The molecule has 3 aliphatic heterocycles. The summed E-state index contributed by atoms with van der Waals surface area (Å²) in [4.78, 5) is 47.8. The first-order valence-electron chi connectivity index (χ1n) is 14.9. The zero-order chi connectivity index (χ0) is 32.2. The van der Waals surface area contributed by atoms with Crippen molar-refractivity contribution in [3.63, 3.8) is 0 Å². The Morgan fingerprint density at radius 3 is 2.40 bits per heavy atom. The minimum atomic E-state index is -0.542. The number of hydrogen-bond donors (Lipinski definition) is 1. The number of hydrogen-bond acceptors (Lipinski definition) is 9. The minimum absolute atomic E-state index is 0.0173. The molecule has 3 aliphatic rings. The Kier molecular flexibility index (Phi) is 8.03. The van der Waals surface area contributed by atoms with Gasteiger partial charge >= 0.3 is 6.09 Å². The first kappa shape index (κ1) is 30.9. The molecule has 0 aliphatic carbocycles.